The Kier molecular flexibility index (Phi) is 4.39. The smallest absolute Gasteiger partial charge is 0.226 e. The zero-order valence-electron chi connectivity index (χ0n) is 11.7. The van der Waals surface area contributed by atoms with Crippen LogP contribution in [0, 0.1) is 11.8 Å². The Morgan fingerprint density at radius 1 is 1.33 bits per heavy atom. The third kappa shape index (κ3) is 3.34. The lowest BCUT2D eigenvalue weighted by Gasteiger charge is -2.29. The van der Waals surface area contributed by atoms with Crippen molar-refractivity contribution in [2.75, 3.05) is 30.9 Å². The predicted octanol–water partition coefficient (Wildman–Crippen LogP) is 2.78. The number of anilines is 2. The maximum Gasteiger partial charge on any atom is 0.226 e. The van der Waals surface area contributed by atoms with E-state index < -0.39 is 0 Å². The lowest BCUT2D eigenvalue weighted by molar-refractivity contribution is 0.268. The van der Waals surface area contributed by atoms with E-state index in [0.29, 0.717) is 0 Å². The number of nitrogens with zero attached hydrogens (tertiary/aromatic N) is 3. The Balaban J connectivity index is 1.91. The summed E-state index contributed by atoms with van der Waals surface area (Å²) in [6.07, 6.45) is 7.31. The van der Waals surface area contributed by atoms with Crippen LogP contribution in [0.2, 0.25) is 0 Å². The number of hydrogen-bond acceptors (Lipinski definition) is 4. The molecule has 2 unspecified atom stereocenters. The van der Waals surface area contributed by atoms with E-state index in [-0.39, 0.29) is 0 Å². The van der Waals surface area contributed by atoms with E-state index in [9.17, 15) is 0 Å². The quantitative estimate of drug-likeness (QED) is 0.889. The second-order valence-electron chi connectivity index (χ2n) is 5.54. The van der Waals surface area contributed by atoms with Gasteiger partial charge in [-0.15, -0.1) is 0 Å². The molecule has 4 heteroatoms. The van der Waals surface area contributed by atoms with E-state index in [1.165, 1.54) is 25.7 Å². The van der Waals surface area contributed by atoms with Crippen LogP contribution in [0.25, 0.3) is 0 Å². The van der Waals surface area contributed by atoms with Crippen molar-refractivity contribution < 1.29 is 0 Å². The minimum Gasteiger partial charge on any atom is -0.370 e. The molecule has 1 aliphatic rings. The molecule has 0 aromatic carbocycles. The summed E-state index contributed by atoms with van der Waals surface area (Å²) in [5.74, 6) is 3.32. The molecule has 18 heavy (non-hydrogen) atoms. The van der Waals surface area contributed by atoms with Crippen molar-refractivity contribution in [2.24, 2.45) is 11.8 Å². The molecule has 0 aliphatic heterocycles. The fourth-order valence-corrected chi connectivity index (χ4v) is 2.59. The minimum absolute atomic E-state index is 0.761. The highest BCUT2D eigenvalue weighted by molar-refractivity contribution is 5.40. The zero-order chi connectivity index (χ0) is 13.0. The monoisotopic (exact) mass is 248 g/mol. The molecule has 0 amide bonds. The van der Waals surface area contributed by atoms with Crippen molar-refractivity contribution in [1.82, 2.24) is 9.97 Å². The van der Waals surface area contributed by atoms with Crippen LogP contribution in [0.1, 0.15) is 32.6 Å². The third-order valence-corrected chi connectivity index (χ3v) is 3.88. The molecular weight excluding hydrogens is 224 g/mol. The lowest BCUT2D eigenvalue weighted by atomic mass is 9.80. The van der Waals surface area contributed by atoms with Crippen LogP contribution in [-0.2, 0) is 0 Å². The molecule has 1 heterocycles. The van der Waals surface area contributed by atoms with E-state index >= 15 is 0 Å². The van der Waals surface area contributed by atoms with Crippen LogP contribution < -0.4 is 10.2 Å². The first-order valence-electron chi connectivity index (χ1n) is 6.91. The average molecular weight is 248 g/mol. The fraction of sp³-hybridized carbons (Fsp3) is 0.714. The average Bonchev–Trinajstić information content (AvgIpc) is 2.38. The Morgan fingerprint density at radius 3 is 2.83 bits per heavy atom. The van der Waals surface area contributed by atoms with Gasteiger partial charge in [-0.1, -0.05) is 26.2 Å². The predicted molar refractivity (Wildman–Crippen MR) is 76.0 cm³/mol. The van der Waals surface area contributed by atoms with Gasteiger partial charge in [-0.25, -0.2) is 4.98 Å². The van der Waals surface area contributed by atoms with Gasteiger partial charge in [0.25, 0.3) is 0 Å². The van der Waals surface area contributed by atoms with Gasteiger partial charge in [-0.2, -0.15) is 4.98 Å². The molecule has 2 atom stereocenters. The van der Waals surface area contributed by atoms with Gasteiger partial charge < -0.3 is 10.2 Å². The van der Waals surface area contributed by atoms with Crippen molar-refractivity contribution in [1.29, 1.82) is 0 Å². The summed E-state index contributed by atoms with van der Waals surface area (Å²) in [6, 6.07) is 1.94. The van der Waals surface area contributed by atoms with Crippen LogP contribution >= 0.6 is 0 Å². The van der Waals surface area contributed by atoms with Gasteiger partial charge >= 0.3 is 0 Å². The summed E-state index contributed by atoms with van der Waals surface area (Å²) < 4.78 is 0. The highest BCUT2D eigenvalue weighted by atomic mass is 15.2. The summed E-state index contributed by atoms with van der Waals surface area (Å²) in [4.78, 5) is 10.6. The zero-order valence-corrected chi connectivity index (χ0v) is 11.7. The minimum atomic E-state index is 0.761. The molecule has 1 fully saturated rings. The van der Waals surface area contributed by atoms with Crippen molar-refractivity contribution in [2.45, 2.75) is 32.6 Å². The van der Waals surface area contributed by atoms with E-state index in [4.69, 9.17) is 0 Å². The van der Waals surface area contributed by atoms with Gasteiger partial charge in [0.05, 0.1) is 0 Å². The first-order chi connectivity index (χ1) is 8.66. The Morgan fingerprint density at radius 2 is 2.11 bits per heavy atom. The lowest BCUT2D eigenvalue weighted by Crippen LogP contribution is -2.25. The van der Waals surface area contributed by atoms with Crippen molar-refractivity contribution in [3.05, 3.63) is 12.3 Å². The maximum atomic E-state index is 4.49. The van der Waals surface area contributed by atoms with Gasteiger partial charge in [-0.05, 0) is 24.3 Å². The van der Waals surface area contributed by atoms with Crippen LogP contribution in [0.4, 0.5) is 11.8 Å². The molecule has 1 aliphatic carbocycles. The van der Waals surface area contributed by atoms with Crippen molar-refractivity contribution >= 4 is 11.8 Å². The third-order valence-electron chi connectivity index (χ3n) is 3.88. The van der Waals surface area contributed by atoms with E-state index in [1.54, 1.807) is 0 Å². The number of rotatable bonds is 4. The molecule has 0 radical (unpaired) electrons. The Bertz CT molecular complexity index is 378. The molecular formula is C14H24N4. The first-order valence-corrected chi connectivity index (χ1v) is 6.91. The fourth-order valence-electron chi connectivity index (χ4n) is 2.59. The molecule has 0 saturated heterocycles. The maximum absolute atomic E-state index is 4.49. The molecule has 4 nitrogen and oxygen atoms in total. The summed E-state index contributed by atoms with van der Waals surface area (Å²) in [7, 11) is 3.92. The molecule has 0 bridgehead atoms. The summed E-state index contributed by atoms with van der Waals surface area (Å²) in [5, 5.41) is 3.46. The van der Waals surface area contributed by atoms with Gasteiger partial charge in [0.2, 0.25) is 5.95 Å². The van der Waals surface area contributed by atoms with E-state index in [0.717, 1.165) is 30.1 Å². The normalized spacial score (nSPS) is 23.7. The Hall–Kier alpha value is -1.32. The van der Waals surface area contributed by atoms with E-state index in [2.05, 4.69) is 22.2 Å². The molecule has 100 valence electrons. The largest absolute Gasteiger partial charge is 0.370 e. The molecule has 1 aromatic heterocycles. The summed E-state index contributed by atoms with van der Waals surface area (Å²) in [6.45, 7) is 3.40. The van der Waals surface area contributed by atoms with E-state index in [1.807, 2.05) is 31.3 Å². The highest BCUT2D eigenvalue weighted by Crippen LogP contribution is 2.29. The summed E-state index contributed by atoms with van der Waals surface area (Å²) in [5.41, 5.74) is 0. The van der Waals surface area contributed by atoms with Gasteiger partial charge in [0.1, 0.15) is 5.82 Å². The van der Waals surface area contributed by atoms with Crippen LogP contribution in [0.5, 0.6) is 0 Å². The Labute approximate surface area is 110 Å². The van der Waals surface area contributed by atoms with Gasteiger partial charge in [0.15, 0.2) is 0 Å². The standard InChI is InChI=1S/C14H24N4/c1-11-6-4-5-7-12(11)10-16-13-8-9-15-14(17-13)18(2)3/h8-9,11-12H,4-7,10H2,1-3H3,(H,15,16,17). The van der Waals surface area contributed by atoms with Crippen LogP contribution in [0.3, 0.4) is 0 Å². The van der Waals surface area contributed by atoms with Gasteiger partial charge in [-0.3, -0.25) is 0 Å². The molecule has 0 spiro atoms. The molecule has 1 aromatic rings. The number of hydrogen-bond donors (Lipinski definition) is 1. The first kappa shape index (κ1) is 13.1. The SMILES string of the molecule is CC1CCCCC1CNc1ccnc(N(C)C)n1. The summed E-state index contributed by atoms with van der Waals surface area (Å²) >= 11 is 0. The van der Waals surface area contributed by atoms with Crippen molar-refractivity contribution in [3.63, 3.8) is 0 Å². The highest BCUT2D eigenvalue weighted by Gasteiger charge is 2.20. The molecule has 2 rings (SSSR count). The number of aromatic nitrogens is 2. The second kappa shape index (κ2) is 6.03. The molecule has 1 N–H and O–H groups in total. The van der Waals surface area contributed by atoms with Crippen LogP contribution in [-0.4, -0.2) is 30.6 Å². The van der Waals surface area contributed by atoms with Crippen LogP contribution in [0.15, 0.2) is 12.3 Å². The second-order valence-corrected chi connectivity index (χ2v) is 5.54. The number of nitrogens with one attached hydrogen (secondary N) is 1. The molecule has 1 saturated carbocycles. The van der Waals surface area contributed by atoms with Crippen molar-refractivity contribution in [3.8, 4) is 0 Å². The topological polar surface area (TPSA) is 41.1 Å². The van der Waals surface area contributed by atoms with Gasteiger partial charge in [0, 0.05) is 26.8 Å².